The molecule has 102 valence electrons. The van der Waals surface area contributed by atoms with Gasteiger partial charge in [0.1, 0.15) is 24.4 Å². The highest BCUT2D eigenvalue weighted by Crippen LogP contribution is 2.31. The molecule has 7 atom stereocenters. The Hall–Kier alpha value is -0.350. The lowest BCUT2D eigenvalue weighted by Gasteiger charge is -2.45. The summed E-state index contributed by atoms with van der Waals surface area (Å²) in [6.07, 6.45) is -8.49. The molecule has 0 saturated carbocycles. The molecule has 0 amide bonds. The summed E-state index contributed by atoms with van der Waals surface area (Å²) in [4.78, 5) is 0. The van der Waals surface area contributed by atoms with Crippen LogP contribution in [0.25, 0.3) is 0 Å². The van der Waals surface area contributed by atoms with Crippen LogP contribution in [0.15, 0.2) is 0 Å². The van der Waals surface area contributed by atoms with E-state index in [2.05, 4.69) is 0 Å². The highest BCUT2D eigenvalue weighted by molar-refractivity contribution is 5.00. The number of ether oxygens (including phenoxy) is 1. The van der Waals surface area contributed by atoms with Crippen LogP contribution in [-0.2, 0) is 4.74 Å². The van der Waals surface area contributed by atoms with E-state index in [1.54, 1.807) is 0 Å². The second-order valence-electron chi connectivity index (χ2n) is 4.35. The number of alkyl halides is 1. The topological polar surface area (TPSA) is 136 Å². The Morgan fingerprint density at radius 1 is 1.47 bits per heavy atom. The molecule has 0 aromatic rings. The first-order chi connectivity index (χ1) is 7.72. The summed E-state index contributed by atoms with van der Waals surface area (Å²) in [5, 5.41) is 46.5. The second kappa shape index (κ2) is 5.11. The summed E-state index contributed by atoms with van der Waals surface area (Å²) in [6, 6.07) is -1.33. The number of hydrogen-bond acceptors (Lipinski definition) is 7. The van der Waals surface area contributed by atoms with Crippen LogP contribution in [-0.4, -0.2) is 74.6 Å². The fraction of sp³-hybridized carbons (Fsp3) is 1.00. The number of aliphatic hydroxyl groups excluding tert-OH is 4. The zero-order valence-electron chi connectivity index (χ0n) is 9.27. The average molecular weight is 255 g/mol. The van der Waals surface area contributed by atoms with Crippen molar-refractivity contribution in [3.63, 3.8) is 0 Å². The molecule has 1 fully saturated rings. The normalized spacial score (nSPS) is 46.6. The highest BCUT2D eigenvalue weighted by Gasteiger charge is 2.53. The zero-order valence-corrected chi connectivity index (χ0v) is 9.27. The third-order valence-corrected chi connectivity index (χ3v) is 2.88. The van der Waals surface area contributed by atoms with Crippen molar-refractivity contribution in [3.8, 4) is 0 Å². The molecule has 17 heavy (non-hydrogen) atoms. The van der Waals surface area contributed by atoms with Gasteiger partial charge in [-0.05, 0) is 6.92 Å². The second-order valence-corrected chi connectivity index (χ2v) is 4.35. The predicted molar refractivity (Wildman–Crippen MR) is 53.5 cm³/mol. The Morgan fingerprint density at radius 2 is 2.00 bits per heavy atom. The number of nitrogens with two attached hydrogens (primary N) is 1. The standard InChI is InChI=1S/C9H18FNO6/c1-9(16)8(10)6(15)4(11)7(17-9)5(14)3(13)2-12/h3-8,12-16H,2,11H2,1H3/t3-,4?,5-,6?,7?,8?,9?/m1/s1. The van der Waals surface area contributed by atoms with Gasteiger partial charge < -0.3 is 36.0 Å². The van der Waals surface area contributed by atoms with Gasteiger partial charge in [0.2, 0.25) is 0 Å². The molecule has 7 N–H and O–H groups in total. The van der Waals surface area contributed by atoms with Gasteiger partial charge in [-0.15, -0.1) is 0 Å². The molecule has 0 radical (unpaired) electrons. The van der Waals surface area contributed by atoms with Crippen molar-refractivity contribution >= 4 is 0 Å². The van der Waals surface area contributed by atoms with Gasteiger partial charge in [0.15, 0.2) is 12.0 Å². The molecule has 8 heteroatoms. The quantitative estimate of drug-likeness (QED) is 0.313. The van der Waals surface area contributed by atoms with E-state index >= 15 is 0 Å². The first kappa shape index (κ1) is 14.7. The van der Waals surface area contributed by atoms with Crippen LogP contribution in [0.2, 0.25) is 0 Å². The van der Waals surface area contributed by atoms with Crippen LogP contribution in [0.4, 0.5) is 4.39 Å². The molecule has 1 saturated heterocycles. The van der Waals surface area contributed by atoms with Gasteiger partial charge in [-0.25, -0.2) is 4.39 Å². The molecule has 7 nitrogen and oxygen atoms in total. The molecule has 5 unspecified atom stereocenters. The molecule has 0 bridgehead atoms. The van der Waals surface area contributed by atoms with Crippen molar-refractivity contribution in [2.24, 2.45) is 5.73 Å². The largest absolute Gasteiger partial charge is 0.394 e. The summed E-state index contributed by atoms with van der Waals surface area (Å²) in [6.45, 7) is 0.211. The monoisotopic (exact) mass is 255 g/mol. The molecular weight excluding hydrogens is 237 g/mol. The Bertz CT molecular complexity index is 262. The summed E-state index contributed by atoms with van der Waals surface area (Å²) in [7, 11) is 0. The highest BCUT2D eigenvalue weighted by atomic mass is 19.1. The smallest absolute Gasteiger partial charge is 0.197 e. The molecule has 0 aromatic heterocycles. The molecule has 0 aromatic carbocycles. The van der Waals surface area contributed by atoms with Gasteiger partial charge in [0.05, 0.1) is 12.6 Å². The minimum atomic E-state index is -2.32. The predicted octanol–water partition coefficient (Wildman–Crippen LogP) is -3.17. The van der Waals surface area contributed by atoms with E-state index in [1.165, 1.54) is 0 Å². The maximum Gasteiger partial charge on any atom is 0.197 e. The average Bonchev–Trinajstić information content (AvgIpc) is 2.29. The van der Waals surface area contributed by atoms with Crippen molar-refractivity contribution in [1.29, 1.82) is 0 Å². The van der Waals surface area contributed by atoms with Gasteiger partial charge in [0.25, 0.3) is 0 Å². The van der Waals surface area contributed by atoms with Crippen molar-refractivity contribution < 1.29 is 34.7 Å². The molecule has 0 spiro atoms. The van der Waals surface area contributed by atoms with Crippen LogP contribution in [0, 0.1) is 0 Å². The van der Waals surface area contributed by atoms with E-state index in [0.29, 0.717) is 0 Å². The van der Waals surface area contributed by atoms with Crippen LogP contribution in [0.3, 0.4) is 0 Å². The van der Waals surface area contributed by atoms with Crippen molar-refractivity contribution in [1.82, 2.24) is 0 Å². The fourth-order valence-electron chi connectivity index (χ4n) is 1.75. The summed E-state index contributed by atoms with van der Waals surface area (Å²) in [5.41, 5.74) is 5.45. The number of rotatable bonds is 3. The van der Waals surface area contributed by atoms with E-state index in [-0.39, 0.29) is 0 Å². The Balaban J connectivity index is 2.86. The van der Waals surface area contributed by atoms with Crippen molar-refractivity contribution in [2.45, 2.75) is 49.3 Å². The third-order valence-electron chi connectivity index (χ3n) is 2.88. The molecule has 1 heterocycles. The summed E-state index contributed by atoms with van der Waals surface area (Å²) in [5.74, 6) is -2.32. The minimum absolute atomic E-state index is 0.759. The maximum atomic E-state index is 13.4. The summed E-state index contributed by atoms with van der Waals surface area (Å²) < 4.78 is 18.3. The lowest BCUT2D eigenvalue weighted by atomic mass is 9.89. The van der Waals surface area contributed by atoms with E-state index < -0.39 is 49.0 Å². The van der Waals surface area contributed by atoms with Crippen LogP contribution in [0.1, 0.15) is 6.92 Å². The first-order valence-corrected chi connectivity index (χ1v) is 5.17. The fourth-order valence-corrected chi connectivity index (χ4v) is 1.75. The van der Waals surface area contributed by atoms with E-state index in [0.717, 1.165) is 6.92 Å². The van der Waals surface area contributed by atoms with Crippen molar-refractivity contribution in [3.05, 3.63) is 0 Å². The van der Waals surface area contributed by atoms with Crippen LogP contribution in [0.5, 0.6) is 0 Å². The molecule has 0 aliphatic carbocycles. The van der Waals surface area contributed by atoms with E-state index in [9.17, 15) is 24.8 Å². The molecular formula is C9H18FNO6. The Kier molecular flexibility index (Phi) is 4.42. The van der Waals surface area contributed by atoms with Gasteiger partial charge >= 0.3 is 0 Å². The number of hydrogen-bond donors (Lipinski definition) is 6. The Morgan fingerprint density at radius 3 is 2.47 bits per heavy atom. The van der Waals surface area contributed by atoms with Gasteiger partial charge in [-0.3, -0.25) is 0 Å². The van der Waals surface area contributed by atoms with Gasteiger partial charge in [0, 0.05) is 0 Å². The van der Waals surface area contributed by atoms with Gasteiger partial charge in [-0.2, -0.15) is 0 Å². The van der Waals surface area contributed by atoms with Gasteiger partial charge in [-0.1, -0.05) is 0 Å². The number of halogens is 1. The lowest BCUT2D eigenvalue weighted by molar-refractivity contribution is -0.319. The minimum Gasteiger partial charge on any atom is -0.394 e. The Labute approximate surface area is 97.2 Å². The lowest BCUT2D eigenvalue weighted by Crippen LogP contribution is -2.68. The summed E-state index contributed by atoms with van der Waals surface area (Å²) >= 11 is 0. The number of aliphatic hydroxyl groups is 5. The maximum absolute atomic E-state index is 13.4. The van der Waals surface area contributed by atoms with Crippen LogP contribution < -0.4 is 5.73 Å². The molecule has 1 rings (SSSR count). The van der Waals surface area contributed by atoms with Crippen molar-refractivity contribution in [2.75, 3.05) is 6.61 Å². The van der Waals surface area contributed by atoms with Crippen LogP contribution >= 0.6 is 0 Å². The van der Waals surface area contributed by atoms with E-state index in [1.807, 2.05) is 0 Å². The SMILES string of the molecule is CC1(O)OC([C@H](O)[C@H](O)CO)C(N)C(O)C1F. The first-order valence-electron chi connectivity index (χ1n) is 5.17. The zero-order chi connectivity index (χ0) is 13.4. The third kappa shape index (κ3) is 2.74. The molecule has 1 aliphatic rings. The van der Waals surface area contributed by atoms with E-state index in [4.69, 9.17) is 15.6 Å². The molecule has 1 aliphatic heterocycles.